The van der Waals surface area contributed by atoms with Crippen LogP contribution in [-0.2, 0) is 4.74 Å². The lowest BCUT2D eigenvalue weighted by atomic mass is 10.0. The van der Waals surface area contributed by atoms with Crippen LogP contribution in [0.3, 0.4) is 0 Å². The number of amides is 1. The highest BCUT2D eigenvalue weighted by molar-refractivity contribution is 5.90. The molecule has 0 aliphatic carbocycles. The number of hydrogen-bond donors (Lipinski definition) is 0. The van der Waals surface area contributed by atoms with Gasteiger partial charge in [-0.05, 0) is 73.5 Å². The van der Waals surface area contributed by atoms with Gasteiger partial charge in [-0.15, -0.1) is 0 Å². The van der Waals surface area contributed by atoms with Gasteiger partial charge in [-0.25, -0.2) is 9.18 Å². The van der Waals surface area contributed by atoms with Crippen LogP contribution in [0, 0.1) is 19.7 Å². The van der Waals surface area contributed by atoms with Crippen LogP contribution in [0.25, 0.3) is 0 Å². The van der Waals surface area contributed by atoms with Crippen molar-refractivity contribution in [3.63, 3.8) is 0 Å². The Morgan fingerprint density at radius 3 is 2.21 bits per heavy atom. The Morgan fingerprint density at radius 2 is 1.57 bits per heavy atom. The number of carbonyl (C=O) groups excluding carboxylic acids is 1. The largest absolute Gasteiger partial charge is 0.457 e. The highest BCUT2D eigenvalue weighted by atomic mass is 19.1. The normalized spacial score (nSPS) is 16.2. The van der Waals surface area contributed by atoms with E-state index in [9.17, 15) is 9.18 Å². The lowest BCUT2D eigenvalue weighted by Crippen LogP contribution is -2.27. The standard InChI is InChI=1S/C23H20FNO3/c1-15-3-7-20(8-4-15)28-21-9-5-19(6-10-21)25-22(14-27-23(25)26)17-11-16(2)12-18(24)13-17/h3-13,22H,14H2,1-2H3/t22-/m1/s1. The molecule has 28 heavy (non-hydrogen) atoms. The first kappa shape index (κ1) is 18.0. The van der Waals surface area contributed by atoms with Crippen molar-refractivity contribution in [1.29, 1.82) is 0 Å². The Kier molecular flexibility index (Phi) is 4.74. The lowest BCUT2D eigenvalue weighted by molar-refractivity contribution is 0.179. The minimum Gasteiger partial charge on any atom is -0.457 e. The summed E-state index contributed by atoms with van der Waals surface area (Å²) in [6.45, 7) is 4.03. The molecule has 3 aromatic carbocycles. The van der Waals surface area contributed by atoms with E-state index in [4.69, 9.17) is 9.47 Å². The Balaban J connectivity index is 1.57. The molecular formula is C23H20FNO3. The summed E-state index contributed by atoms with van der Waals surface area (Å²) in [6, 6.07) is 19.4. The number of nitrogens with zero attached hydrogens (tertiary/aromatic N) is 1. The molecule has 4 nitrogen and oxygen atoms in total. The molecule has 0 radical (unpaired) electrons. The average molecular weight is 377 g/mol. The maximum absolute atomic E-state index is 13.8. The van der Waals surface area contributed by atoms with Gasteiger partial charge in [-0.1, -0.05) is 23.8 Å². The second-order valence-corrected chi connectivity index (χ2v) is 6.93. The van der Waals surface area contributed by atoms with Crippen molar-refractivity contribution in [2.24, 2.45) is 0 Å². The monoisotopic (exact) mass is 377 g/mol. The van der Waals surface area contributed by atoms with E-state index in [1.54, 1.807) is 29.2 Å². The summed E-state index contributed by atoms with van der Waals surface area (Å²) in [5, 5.41) is 0. The third kappa shape index (κ3) is 3.69. The molecule has 1 saturated heterocycles. The van der Waals surface area contributed by atoms with Crippen LogP contribution in [0.5, 0.6) is 11.5 Å². The third-order valence-electron chi connectivity index (χ3n) is 4.69. The molecular weight excluding hydrogens is 357 g/mol. The number of halogens is 1. The average Bonchev–Trinajstić information content (AvgIpc) is 3.05. The number of aryl methyl sites for hydroxylation is 2. The molecule has 1 heterocycles. The molecule has 1 aliphatic heterocycles. The Bertz CT molecular complexity index is 979. The molecule has 0 N–H and O–H groups in total. The molecule has 0 unspecified atom stereocenters. The van der Waals surface area contributed by atoms with Crippen LogP contribution in [0.4, 0.5) is 14.9 Å². The number of ether oxygens (including phenoxy) is 2. The van der Waals surface area contributed by atoms with Gasteiger partial charge in [0.25, 0.3) is 0 Å². The van der Waals surface area contributed by atoms with Crippen molar-refractivity contribution in [3.05, 3.63) is 89.2 Å². The summed E-state index contributed by atoms with van der Waals surface area (Å²) in [5.74, 6) is 1.08. The van der Waals surface area contributed by atoms with Gasteiger partial charge in [-0.3, -0.25) is 4.90 Å². The Hall–Kier alpha value is -3.34. The number of cyclic esters (lactones) is 1. The van der Waals surface area contributed by atoms with Crippen LogP contribution in [0.1, 0.15) is 22.7 Å². The molecule has 4 rings (SSSR count). The van der Waals surface area contributed by atoms with Gasteiger partial charge in [0.2, 0.25) is 0 Å². The van der Waals surface area contributed by atoms with Crippen molar-refractivity contribution >= 4 is 11.8 Å². The van der Waals surface area contributed by atoms with E-state index < -0.39 is 6.09 Å². The number of carbonyl (C=O) groups is 1. The van der Waals surface area contributed by atoms with Crippen molar-refractivity contribution < 1.29 is 18.7 Å². The molecule has 0 saturated carbocycles. The van der Waals surface area contributed by atoms with E-state index in [2.05, 4.69) is 0 Å². The SMILES string of the molecule is Cc1ccc(Oc2ccc(N3C(=O)OC[C@@H]3c3cc(C)cc(F)c3)cc2)cc1. The summed E-state index contributed by atoms with van der Waals surface area (Å²) in [7, 11) is 0. The molecule has 3 aromatic rings. The van der Waals surface area contributed by atoms with Crippen LogP contribution in [0.2, 0.25) is 0 Å². The van der Waals surface area contributed by atoms with E-state index in [1.807, 2.05) is 44.2 Å². The zero-order valence-corrected chi connectivity index (χ0v) is 15.7. The fourth-order valence-corrected chi connectivity index (χ4v) is 3.33. The zero-order valence-electron chi connectivity index (χ0n) is 15.7. The Labute approximate surface area is 163 Å². The maximum Gasteiger partial charge on any atom is 0.415 e. The fraction of sp³-hybridized carbons (Fsp3) is 0.174. The second-order valence-electron chi connectivity index (χ2n) is 6.93. The lowest BCUT2D eigenvalue weighted by Gasteiger charge is -2.22. The van der Waals surface area contributed by atoms with Gasteiger partial charge in [0.1, 0.15) is 23.9 Å². The van der Waals surface area contributed by atoms with Gasteiger partial charge in [-0.2, -0.15) is 0 Å². The summed E-state index contributed by atoms with van der Waals surface area (Å²) in [6.07, 6.45) is -0.445. The summed E-state index contributed by atoms with van der Waals surface area (Å²) >= 11 is 0. The van der Waals surface area contributed by atoms with Gasteiger partial charge >= 0.3 is 6.09 Å². The minimum absolute atomic E-state index is 0.184. The summed E-state index contributed by atoms with van der Waals surface area (Å²) in [4.78, 5) is 13.9. The number of benzene rings is 3. The predicted molar refractivity (Wildman–Crippen MR) is 105 cm³/mol. The van der Waals surface area contributed by atoms with Crippen LogP contribution in [-0.4, -0.2) is 12.7 Å². The second kappa shape index (κ2) is 7.35. The predicted octanol–water partition coefficient (Wildman–Crippen LogP) is 5.93. The molecule has 0 spiro atoms. The van der Waals surface area contributed by atoms with Gasteiger partial charge < -0.3 is 9.47 Å². The van der Waals surface area contributed by atoms with Crippen molar-refractivity contribution in [1.82, 2.24) is 0 Å². The van der Waals surface area contributed by atoms with E-state index in [0.717, 1.165) is 16.9 Å². The molecule has 1 amide bonds. The summed E-state index contributed by atoms with van der Waals surface area (Å²) in [5.41, 5.74) is 3.35. The topological polar surface area (TPSA) is 38.8 Å². The first-order valence-corrected chi connectivity index (χ1v) is 9.07. The molecule has 0 bridgehead atoms. The van der Waals surface area contributed by atoms with Crippen LogP contribution >= 0.6 is 0 Å². The van der Waals surface area contributed by atoms with Crippen molar-refractivity contribution in [2.45, 2.75) is 19.9 Å². The molecule has 1 atom stereocenters. The summed E-state index contributed by atoms with van der Waals surface area (Å²) < 4.78 is 24.9. The molecule has 1 aliphatic rings. The smallest absolute Gasteiger partial charge is 0.415 e. The van der Waals surface area contributed by atoms with Gasteiger partial charge in [0.15, 0.2) is 0 Å². The molecule has 0 aromatic heterocycles. The van der Waals surface area contributed by atoms with Crippen molar-refractivity contribution in [3.8, 4) is 11.5 Å². The minimum atomic E-state index is -0.445. The van der Waals surface area contributed by atoms with E-state index in [0.29, 0.717) is 17.0 Å². The number of rotatable bonds is 4. The van der Waals surface area contributed by atoms with Gasteiger partial charge in [0, 0.05) is 5.69 Å². The molecule has 5 heteroatoms. The first-order chi connectivity index (χ1) is 13.5. The number of anilines is 1. The van der Waals surface area contributed by atoms with E-state index >= 15 is 0 Å². The van der Waals surface area contributed by atoms with Crippen LogP contribution in [0.15, 0.2) is 66.7 Å². The van der Waals surface area contributed by atoms with E-state index in [-0.39, 0.29) is 18.5 Å². The highest BCUT2D eigenvalue weighted by Gasteiger charge is 2.35. The van der Waals surface area contributed by atoms with E-state index in [1.165, 1.54) is 12.1 Å². The highest BCUT2D eigenvalue weighted by Crippen LogP contribution is 2.35. The fourth-order valence-electron chi connectivity index (χ4n) is 3.33. The number of hydrogen-bond acceptors (Lipinski definition) is 3. The van der Waals surface area contributed by atoms with Gasteiger partial charge in [0.05, 0.1) is 6.04 Å². The third-order valence-corrected chi connectivity index (χ3v) is 4.69. The van der Waals surface area contributed by atoms with Crippen LogP contribution < -0.4 is 9.64 Å². The Morgan fingerprint density at radius 1 is 0.929 bits per heavy atom. The maximum atomic E-state index is 13.8. The van der Waals surface area contributed by atoms with Crippen molar-refractivity contribution in [2.75, 3.05) is 11.5 Å². The quantitative estimate of drug-likeness (QED) is 0.565. The molecule has 142 valence electrons. The zero-order chi connectivity index (χ0) is 19.7. The first-order valence-electron chi connectivity index (χ1n) is 9.07. The molecule has 1 fully saturated rings.